The highest BCUT2D eigenvalue weighted by molar-refractivity contribution is 6.08. The molecule has 1 saturated carbocycles. The lowest BCUT2D eigenvalue weighted by molar-refractivity contribution is 0.0553. The van der Waals surface area contributed by atoms with Gasteiger partial charge in [-0.25, -0.2) is 13.6 Å². The lowest BCUT2D eigenvalue weighted by atomic mass is 9.80. The van der Waals surface area contributed by atoms with Crippen LogP contribution in [-0.2, 0) is 0 Å². The van der Waals surface area contributed by atoms with Gasteiger partial charge < -0.3 is 10.1 Å². The van der Waals surface area contributed by atoms with Crippen LogP contribution in [0.1, 0.15) is 43.5 Å². The number of urea groups is 1. The molecule has 154 valence electrons. The van der Waals surface area contributed by atoms with Crippen molar-refractivity contribution in [3.8, 4) is 5.75 Å². The van der Waals surface area contributed by atoms with E-state index in [0.717, 1.165) is 31.0 Å². The maximum atomic E-state index is 13.6. The molecule has 3 amide bonds. The van der Waals surface area contributed by atoms with E-state index in [-0.39, 0.29) is 6.10 Å². The molecule has 29 heavy (non-hydrogen) atoms. The van der Waals surface area contributed by atoms with Crippen LogP contribution in [0, 0.1) is 23.5 Å². The van der Waals surface area contributed by atoms with Gasteiger partial charge >= 0.3 is 6.03 Å². The number of hydrogen-bond acceptors (Lipinski definition) is 3. The average molecular weight is 402 g/mol. The molecule has 2 unspecified atom stereocenters. The summed E-state index contributed by atoms with van der Waals surface area (Å²) in [4.78, 5) is 23.9. The Morgan fingerprint density at radius 1 is 0.966 bits per heavy atom. The Morgan fingerprint density at radius 3 is 2.14 bits per heavy atom. The number of halogens is 2. The summed E-state index contributed by atoms with van der Waals surface area (Å²) in [5, 5.41) is 4.38. The minimum absolute atomic E-state index is 0.152. The summed E-state index contributed by atoms with van der Waals surface area (Å²) in [5.41, 5.74) is -0.386. The zero-order chi connectivity index (χ0) is 21.0. The van der Waals surface area contributed by atoms with E-state index in [2.05, 4.69) is 19.2 Å². The van der Waals surface area contributed by atoms with E-state index in [9.17, 15) is 18.4 Å². The van der Waals surface area contributed by atoms with Gasteiger partial charge in [0.2, 0.25) is 0 Å². The van der Waals surface area contributed by atoms with Crippen molar-refractivity contribution in [3.63, 3.8) is 0 Å². The van der Waals surface area contributed by atoms with Gasteiger partial charge in [-0.15, -0.1) is 0 Å². The van der Waals surface area contributed by atoms with E-state index in [1.165, 1.54) is 6.42 Å². The molecule has 2 atom stereocenters. The van der Waals surface area contributed by atoms with Gasteiger partial charge in [0.25, 0.3) is 5.91 Å². The normalized spacial score (nSPS) is 21.3. The highest BCUT2D eigenvalue weighted by Crippen LogP contribution is 2.32. The van der Waals surface area contributed by atoms with Crippen molar-refractivity contribution in [2.45, 2.75) is 39.2 Å². The number of imide groups is 1. The summed E-state index contributed by atoms with van der Waals surface area (Å²) in [7, 11) is 0. The van der Waals surface area contributed by atoms with Crippen molar-refractivity contribution >= 4 is 17.6 Å². The lowest BCUT2D eigenvalue weighted by Crippen LogP contribution is -2.35. The number of hydrogen-bond donors (Lipinski definition) is 2. The molecule has 0 aromatic heterocycles. The van der Waals surface area contributed by atoms with Gasteiger partial charge in [0.1, 0.15) is 29.1 Å². The molecule has 7 heteroatoms. The predicted molar refractivity (Wildman–Crippen MR) is 106 cm³/mol. The summed E-state index contributed by atoms with van der Waals surface area (Å²) in [6.45, 7) is 4.38. The number of benzene rings is 2. The smallest absolute Gasteiger partial charge is 0.326 e. The Hall–Kier alpha value is -2.96. The zero-order valence-corrected chi connectivity index (χ0v) is 16.4. The van der Waals surface area contributed by atoms with Crippen molar-refractivity contribution in [2.24, 2.45) is 11.8 Å². The number of carbonyl (C=O) groups excluding carboxylic acids is 2. The number of amides is 3. The van der Waals surface area contributed by atoms with Gasteiger partial charge in [-0.3, -0.25) is 10.1 Å². The first kappa shape index (κ1) is 20.8. The summed E-state index contributed by atoms with van der Waals surface area (Å²) in [5.74, 6) is -1.57. The molecule has 2 aromatic rings. The minimum atomic E-state index is -1.15. The Morgan fingerprint density at radius 2 is 1.55 bits per heavy atom. The Kier molecular flexibility index (Phi) is 6.46. The van der Waals surface area contributed by atoms with Crippen LogP contribution < -0.4 is 15.4 Å². The summed E-state index contributed by atoms with van der Waals surface area (Å²) >= 11 is 0. The quantitative estimate of drug-likeness (QED) is 0.745. The standard InChI is InChI=1S/C22H24F2N2O3/c1-13-5-3-6-14(2)20(13)29-16-11-9-15(10-12-16)25-22(28)26-21(27)19-17(23)7-4-8-18(19)24/h4,7-14,20H,3,5-6H2,1-2H3,(H2,25,26,27,28). The van der Waals surface area contributed by atoms with Crippen molar-refractivity contribution in [1.82, 2.24) is 5.32 Å². The van der Waals surface area contributed by atoms with Crippen molar-refractivity contribution in [3.05, 3.63) is 59.7 Å². The van der Waals surface area contributed by atoms with Crippen molar-refractivity contribution in [1.29, 1.82) is 0 Å². The van der Waals surface area contributed by atoms with E-state index >= 15 is 0 Å². The molecule has 0 radical (unpaired) electrons. The van der Waals surface area contributed by atoms with E-state index in [1.807, 2.05) is 5.32 Å². The molecule has 1 fully saturated rings. The molecule has 0 aliphatic heterocycles. The molecule has 2 N–H and O–H groups in total. The van der Waals surface area contributed by atoms with Gasteiger partial charge in [0, 0.05) is 5.69 Å². The molecule has 0 heterocycles. The maximum absolute atomic E-state index is 13.6. The molecule has 0 bridgehead atoms. The van der Waals surface area contributed by atoms with Crippen LogP contribution in [-0.4, -0.2) is 18.0 Å². The minimum Gasteiger partial charge on any atom is -0.490 e. The van der Waals surface area contributed by atoms with Gasteiger partial charge in [0.05, 0.1) is 0 Å². The van der Waals surface area contributed by atoms with Crippen molar-refractivity contribution in [2.75, 3.05) is 5.32 Å². The topological polar surface area (TPSA) is 67.4 Å². The van der Waals surface area contributed by atoms with Crippen LogP contribution in [0.15, 0.2) is 42.5 Å². The zero-order valence-electron chi connectivity index (χ0n) is 16.4. The van der Waals surface area contributed by atoms with Crippen LogP contribution in [0.4, 0.5) is 19.3 Å². The third-order valence-electron chi connectivity index (χ3n) is 5.24. The van der Waals surface area contributed by atoms with E-state index in [4.69, 9.17) is 4.74 Å². The highest BCUT2D eigenvalue weighted by Gasteiger charge is 2.29. The molecule has 1 aliphatic rings. The van der Waals surface area contributed by atoms with Crippen LogP contribution in [0.2, 0.25) is 0 Å². The molecule has 0 saturated heterocycles. The number of nitrogens with one attached hydrogen (secondary N) is 2. The van der Waals surface area contributed by atoms with Crippen LogP contribution in [0.5, 0.6) is 5.75 Å². The fraction of sp³-hybridized carbons (Fsp3) is 0.364. The van der Waals surface area contributed by atoms with Gasteiger partial charge in [-0.05, 0) is 61.1 Å². The first-order valence-corrected chi connectivity index (χ1v) is 9.68. The fourth-order valence-electron chi connectivity index (χ4n) is 3.70. The lowest BCUT2D eigenvalue weighted by Gasteiger charge is -2.34. The summed E-state index contributed by atoms with van der Waals surface area (Å²) < 4.78 is 33.4. The van der Waals surface area contributed by atoms with E-state index < -0.39 is 29.1 Å². The molecule has 5 nitrogen and oxygen atoms in total. The first-order chi connectivity index (χ1) is 13.8. The third kappa shape index (κ3) is 5.10. The Labute approximate surface area is 168 Å². The second-order valence-corrected chi connectivity index (χ2v) is 7.50. The average Bonchev–Trinajstić information content (AvgIpc) is 2.66. The number of anilines is 1. The monoisotopic (exact) mass is 402 g/mol. The summed E-state index contributed by atoms with van der Waals surface area (Å²) in [6.07, 6.45) is 3.66. The summed E-state index contributed by atoms with van der Waals surface area (Å²) in [6, 6.07) is 8.90. The van der Waals surface area contributed by atoms with E-state index in [1.54, 1.807) is 24.3 Å². The predicted octanol–water partition coefficient (Wildman–Crippen LogP) is 5.13. The van der Waals surface area contributed by atoms with Gasteiger partial charge in [0.15, 0.2) is 0 Å². The number of carbonyl (C=O) groups is 2. The van der Waals surface area contributed by atoms with Crippen LogP contribution in [0.25, 0.3) is 0 Å². The molecular formula is C22H24F2N2O3. The van der Waals surface area contributed by atoms with Crippen molar-refractivity contribution < 1.29 is 23.1 Å². The Balaban J connectivity index is 1.58. The highest BCUT2D eigenvalue weighted by atomic mass is 19.1. The molecule has 1 aliphatic carbocycles. The van der Waals surface area contributed by atoms with Crippen LogP contribution in [0.3, 0.4) is 0 Å². The third-order valence-corrected chi connectivity index (χ3v) is 5.24. The van der Waals surface area contributed by atoms with Gasteiger partial charge in [-0.1, -0.05) is 26.3 Å². The second kappa shape index (κ2) is 9.03. The van der Waals surface area contributed by atoms with E-state index in [0.29, 0.717) is 23.3 Å². The van der Waals surface area contributed by atoms with Crippen LogP contribution >= 0.6 is 0 Å². The molecular weight excluding hydrogens is 378 g/mol. The molecule has 0 spiro atoms. The second-order valence-electron chi connectivity index (χ2n) is 7.50. The maximum Gasteiger partial charge on any atom is 0.326 e. The first-order valence-electron chi connectivity index (χ1n) is 9.68. The largest absolute Gasteiger partial charge is 0.490 e. The Bertz CT molecular complexity index is 856. The number of ether oxygens (including phenoxy) is 1. The molecule has 3 rings (SSSR count). The molecule has 2 aromatic carbocycles. The van der Waals surface area contributed by atoms with Gasteiger partial charge in [-0.2, -0.15) is 0 Å². The SMILES string of the molecule is CC1CCCC(C)C1Oc1ccc(NC(=O)NC(=O)c2c(F)cccc2F)cc1. The fourth-order valence-corrected chi connectivity index (χ4v) is 3.70. The number of rotatable bonds is 4.